The Bertz CT molecular complexity index is 2490. The molecule has 212 valence electrons. The topological polar surface area (TPSA) is 8.17 Å². The highest BCUT2D eigenvalue weighted by Crippen LogP contribution is 2.46. The lowest BCUT2D eigenvalue weighted by molar-refractivity contribution is 1.18. The van der Waals surface area contributed by atoms with Gasteiger partial charge < -0.3 is 9.47 Å². The molecule has 45 heavy (non-hydrogen) atoms. The predicted octanol–water partition coefficient (Wildman–Crippen LogP) is 12.1. The number of thiophene rings is 1. The third-order valence-corrected chi connectivity index (χ3v) is 10.1. The summed E-state index contributed by atoms with van der Waals surface area (Å²) in [6, 6.07) is 48.2. The normalized spacial score (nSPS) is 14.6. The first-order valence-corrected chi connectivity index (χ1v) is 16.0. The number of para-hydroxylation sites is 3. The van der Waals surface area contributed by atoms with Gasteiger partial charge >= 0.3 is 0 Å². The fourth-order valence-corrected chi connectivity index (χ4v) is 8.07. The number of hydrogen-bond acceptors (Lipinski definition) is 2. The van der Waals surface area contributed by atoms with Gasteiger partial charge in [0.05, 0.1) is 16.7 Å². The number of fused-ring (bicyclic) bond motifs is 8. The smallest absolute Gasteiger partial charge is 0.0548 e. The van der Waals surface area contributed by atoms with Crippen molar-refractivity contribution in [2.45, 2.75) is 0 Å². The van der Waals surface area contributed by atoms with Crippen LogP contribution in [0.4, 0.5) is 11.4 Å². The van der Waals surface area contributed by atoms with Gasteiger partial charge in [-0.15, -0.1) is 11.3 Å². The highest BCUT2D eigenvalue weighted by Gasteiger charge is 2.20. The van der Waals surface area contributed by atoms with E-state index in [1.54, 1.807) is 0 Å². The fourth-order valence-electron chi connectivity index (χ4n) is 6.81. The van der Waals surface area contributed by atoms with Crippen molar-refractivity contribution in [1.29, 1.82) is 0 Å². The largest absolute Gasteiger partial charge is 0.317 e. The van der Waals surface area contributed by atoms with Crippen molar-refractivity contribution in [2.24, 2.45) is 0 Å². The molecule has 0 aliphatic carbocycles. The number of aromatic nitrogens is 1. The third-order valence-electron chi connectivity index (χ3n) is 8.90. The highest BCUT2D eigenvalue weighted by molar-refractivity contribution is 7.26. The second kappa shape index (κ2) is 10.2. The average Bonchev–Trinajstić information content (AvgIpc) is 3.62. The standard InChI is InChI=1S/C42H28N2S/c1-28-12-10-11-25-43(31-13-4-2-5-14-31)39-23-21-34-36-27-30(20-24-40(36)45-42(34)41(28)39)29-19-22-38-35(26-29)33-17-8-9-18-37(33)44(38)32-15-6-3-7-16-32/h2-27H,1H2/b12-10-,25-11-. The second-order valence-corrected chi connectivity index (χ2v) is 12.6. The van der Waals surface area contributed by atoms with E-state index in [9.17, 15) is 0 Å². The molecule has 1 aliphatic rings. The molecule has 8 aromatic rings. The maximum Gasteiger partial charge on any atom is 0.0548 e. The van der Waals surface area contributed by atoms with E-state index in [0.717, 1.165) is 16.9 Å². The van der Waals surface area contributed by atoms with Gasteiger partial charge in [0, 0.05) is 54.1 Å². The summed E-state index contributed by atoms with van der Waals surface area (Å²) in [5, 5.41) is 5.08. The fraction of sp³-hybridized carbons (Fsp3) is 0. The van der Waals surface area contributed by atoms with Crippen LogP contribution in [0.5, 0.6) is 0 Å². The van der Waals surface area contributed by atoms with Gasteiger partial charge in [-0.2, -0.15) is 0 Å². The molecule has 0 unspecified atom stereocenters. The zero-order chi connectivity index (χ0) is 29.9. The Morgan fingerprint density at radius 3 is 2.04 bits per heavy atom. The van der Waals surface area contributed by atoms with Crippen molar-refractivity contribution >= 4 is 70.3 Å². The Hall–Kier alpha value is -5.64. The van der Waals surface area contributed by atoms with Crippen LogP contribution >= 0.6 is 11.3 Å². The lowest BCUT2D eigenvalue weighted by Crippen LogP contribution is -2.11. The maximum absolute atomic E-state index is 4.51. The minimum absolute atomic E-state index is 1.02. The van der Waals surface area contributed by atoms with Crippen LogP contribution in [-0.4, -0.2) is 4.57 Å². The van der Waals surface area contributed by atoms with Crippen LogP contribution in [-0.2, 0) is 0 Å². The molecule has 0 atom stereocenters. The Morgan fingerprint density at radius 2 is 1.22 bits per heavy atom. The molecule has 0 spiro atoms. The number of rotatable bonds is 3. The van der Waals surface area contributed by atoms with Crippen LogP contribution in [0, 0.1) is 0 Å². The third kappa shape index (κ3) is 4.09. The van der Waals surface area contributed by atoms with Gasteiger partial charge in [-0.25, -0.2) is 0 Å². The number of hydrogen-bond donors (Lipinski definition) is 0. The maximum atomic E-state index is 4.51. The van der Waals surface area contributed by atoms with E-state index < -0.39 is 0 Å². The molecule has 0 saturated heterocycles. The quantitative estimate of drug-likeness (QED) is 0.198. The molecule has 1 aliphatic heterocycles. The molecule has 0 radical (unpaired) electrons. The minimum Gasteiger partial charge on any atom is -0.317 e. The van der Waals surface area contributed by atoms with E-state index in [4.69, 9.17) is 0 Å². The monoisotopic (exact) mass is 592 g/mol. The first kappa shape index (κ1) is 25.8. The molecule has 2 aromatic heterocycles. The van der Waals surface area contributed by atoms with E-state index in [1.807, 2.05) is 11.3 Å². The van der Waals surface area contributed by atoms with E-state index in [-0.39, 0.29) is 0 Å². The Morgan fingerprint density at radius 1 is 0.533 bits per heavy atom. The predicted molar refractivity (Wildman–Crippen MR) is 195 cm³/mol. The van der Waals surface area contributed by atoms with Crippen LogP contribution in [0.3, 0.4) is 0 Å². The van der Waals surface area contributed by atoms with Crippen LogP contribution in [0.15, 0.2) is 164 Å². The SMILES string of the molecule is C=C1/C=C\C=C/N(c2ccccc2)c2ccc3c(sc4ccc(-c5ccc6c(c5)c5ccccc5n6-c5ccccc5)cc43)c21. The number of nitrogens with zero attached hydrogens (tertiary/aromatic N) is 2. The molecule has 0 N–H and O–H groups in total. The van der Waals surface area contributed by atoms with Gasteiger partial charge in [0.2, 0.25) is 0 Å². The van der Waals surface area contributed by atoms with Gasteiger partial charge in [-0.05, 0) is 83.4 Å². The molecule has 3 heterocycles. The van der Waals surface area contributed by atoms with Crippen molar-refractivity contribution in [2.75, 3.05) is 4.90 Å². The Kier molecular flexibility index (Phi) is 5.87. The molecule has 9 rings (SSSR count). The molecular formula is C42H28N2S. The summed E-state index contributed by atoms with van der Waals surface area (Å²) in [6.07, 6.45) is 8.42. The first-order valence-electron chi connectivity index (χ1n) is 15.2. The van der Waals surface area contributed by atoms with Crippen LogP contribution < -0.4 is 4.90 Å². The lowest BCUT2D eigenvalue weighted by atomic mass is 9.97. The van der Waals surface area contributed by atoms with Crippen molar-refractivity contribution in [3.8, 4) is 16.8 Å². The van der Waals surface area contributed by atoms with Crippen molar-refractivity contribution in [3.05, 3.63) is 170 Å². The molecule has 0 amide bonds. The zero-order valence-electron chi connectivity index (χ0n) is 24.5. The number of anilines is 2. The van der Waals surface area contributed by atoms with Crippen molar-refractivity contribution < 1.29 is 0 Å². The second-order valence-electron chi connectivity index (χ2n) is 11.5. The van der Waals surface area contributed by atoms with E-state index in [2.05, 4.69) is 174 Å². The van der Waals surface area contributed by atoms with Crippen LogP contribution in [0.1, 0.15) is 5.56 Å². The van der Waals surface area contributed by atoms with Gasteiger partial charge in [-0.1, -0.05) is 91.5 Å². The first-order chi connectivity index (χ1) is 22.2. The summed E-state index contributed by atoms with van der Waals surface area (Å²) in [6.45, 7) is 4.51. The van der Waals surface area contributed by atoms with Crippen LogP contribution in [0.25, 0.3) is 64.4 Å². The number of benzene rings is 6. The molecule has 3 heteroatoms. The van der Waals surface area contributed by atoms with Gasteiger partial charge in [-0.3, -0.25) is 0 Å². The summed E-state index contributed by atoms with van der Waals surface area (Å²) >= 11 is 1.85. The summed E-state index contributed by atoms with van der Waals surface area (Å²) in [7, 11) is 0. The molecule has 6 aromatic carbocycles. The Labute approximate surface area is 265 Å². The van der Waals surface area contributed by atoms with Gasteiger partial charge in [0.1, 0.15) is 0 Å². The summed E-state index contributed by atoms with van der Waals surface area (Å²) < 4.78 is 4.92. The number of allylic oxidation sites excluding steroid dienone is 4. The lowest BCUT2D eigenvalue weighted by Gasteiger charge is -2.25. The van der Waals surface area contributed by atoms with Crippen molar-refractivity contribution in [3.63, 3.8) is 0 Å². The van der Waals surface area contributed by atoms with E-state index in [0.29, 0.717) is 0 Å². The molecular weight excluding hydrogens is 565 g/mol. The van der Waals surface area contributed by atoms with Crippen molar-refractivity contribution in [1.82, 2.24) is 4.57 Å². The van der Waals surface area contributed by atoms with Gasteiger partial charge in [0.25, 0.3) is 0 Å². The average molecular weight is 593 g/mol. The highest BCUT2D eigenvalue weighted by atomic mass is 32.1. The minimum atomic E-state index is 1.02. The van der Waals surface area contributed by atoms with E-state index in [1.165, 1.54) is 64.4 Å². The molecule has 0 fully saturated rings. The van der Waals surface area contributed by atoms with Gasteiger partial charge in [0.15, 0.2) is 0 Å². The summed E-state index contributed by atoms with van der Waals surface area (Å²) in [4.78, 5) is 2.26. The molecule has 0 saturated carbocycles. The van der Waals surface area contributed by atoms with E-state index >= 15 is 0 Å². The summed E-state index contributed by atoms with van der Waals surface area (Å²) in [5.74, 6) is 0. The van der Waals surface area contributed by atoms with Crippen LogP contribution in [0.2, 0.25) is 0 Å². The summed E-state index contributed by atoms with van der Waals surface area (Å²) in [5.41, 5.74) is 10.5. The molecule has 2 nitrogen and oxygen atoms in total. The zero-order valence-corrected chi connectivity index (χ0v) is 25.3. The molecule has 0 bridgehead atoms. The Balaban J connectivity index is 1.22.